The van der Waals surface area contributed by atoms with Crippen molar-refractivity contribution in [1.82, 2.24) is 0 Å². The van der Waals surface area contributed by atoms with Gasteiger partial charge in [0.2, 0.25) is 5.91 Å². The molecule has 0 aliphatic carbocycles. The number of methoxy groups -OCH3 is 1. The smallest absolute Gasteiger partial charge is 0.296 e. The van der Waals surface area contributed by atoms with E-state index in [2.05, 4.69) is 50.7 Å². The lowest BCUT2D eigenvalue weighted by Gasteiger charge is -2.12. The molecular weight excluding hydrogens is 857 g/mol. The SMILES string of the molecule is CCC(=O)Nc1cc(N=Nc2ccc(N=Nc3c(S(=O)(=O)O)cc4ccc(Nc5cccc(S(=O)(=O)O)c5)cc4c3O)c(OC)c2)ccc1N=Nc1ccc(SOOO)cc1. The average molecular weight is 889 g/mol. The molecule has 0 atom stereocenters. The van der Waals surface area contributed by atoms with Gasteiger partial charge >= 0.3 is 0 Å². The second-order valence-electron chi connectivity index (χ2n) is 12.4. The van der Waals surface area contributed by atoms with E-state index < -0.39 is 36.6 Å². The van der Waals surface area contributed by atoms with Gasteiger partial charge in [-0.1, -0.05) is 24.1 Å². The fraction of sp³-hybridized carbons (Fsp3) is 0.0789. The summed E-state index contributed by atoms with van der Waals surface area (Å²) in [6, 6.07) is 26.7. The molecule has 0 aliphatic rings. The monoisotopic (exact) mass is 888 g/mol. The predicted octanol–water partition coefficient (Wildman–Crippen LogP) is 10.8. The number of azo groups is 3. The molecule has 0 heterocycles. The lowest BCUT2D eigenvalue weighted by Crippen LogP contribution is -2.09. The minimum absolute atomic E-state index is 0.0801. The molecule has 0 spiro atoms. The molecule has 61 heavy (non-hydrogen) atoms. The van der Waals surface area contributed by atoms with Crippen LogP contribution in [0, 0.1) is 0 Å². The number of carbonyl (C=O) groups is 1. The van der Waals surface area contributed by atoms with Crippen LogP contribution in [0.3, 0.4) is 0 Å². The highest BCUT2D eigenvalue weighted by atomic mass is 32.2. The number of anilines is 3. The first-order valence-corrected chi connectivity index (χ1v) is 21.0. The van der Waals surface area contributed by atoms with Gasteiger partial charge in [-0.25, -0.2) is 5.26 Å². The van der Waals surface area contributed by atoms with Crippen molar-refractivity contribution in [3.63, 3.8) is 0 Å². The highest BCUT2D eigenvalue weighted by Gasteiger charge is 2.23. The summed E-state index contributed by atoms with van der Waals surface area (Å²) < 4.78 is 77.4. The number of hydrogen-bond donors (Lipinski definition) is 6. The summed E-state index contributed by atoms with van der Waals surface area (Å²) in [5.41, 5.74) is 1.90. The Balaban J connectivity index is 1.25. The molecule has 0 aromatic heterocycles. The van der Waals surface area contributed by atoms with E-state index in [0.717, 1.165) is 18.1 Å². The molecule has 6 N–H and O–H groups in total. The molecule has 0 aliphatic heterocycles. The van der Waals surface area contributed by atoms with Crippen molar-refractivity contribution < 1.29 is 55.2 Å². The van der Waals surface area contributed by atoms with Gasteiger partial charge in [-0.3, -0.25) is 13.9 Å². The number of nitrogens with zero attached hydrogens (tertiary/aromatic N) is 6. The Hall–Kier alpha value is -6.70. The van der Waals surface area contributed by atoms with Crippen LogP contribution in [0.25, 0.3) is 10.8 Å². The third-order valence-electron chi connectivity index (χ3n) is 8.30. The Kier molecular flexibility index (Phi) is 13.8. The molecule has 0 bridgehead atoms. The molecule has 6 aromatic carbocycles. The van der Waals surface area contributed by atoms with Crippen molar-refractivity contribution in [2.75, 3.05) is 17.7 Å². The lowest BCUT2D eigenvalue weighted by atomic mass is 10.1. The number of carbonyl (C=O) groups excluding carboxylic acids is 1. The number of ether oxygens (including phenoxy) is 1. The third kappa shape index (κ3) is 11.3. The molecule has 0 fully saturated rings. The zero-order valence-electron chi connectivity index (χ0n) is 31.6. The van der Waals surface area contributed by atoms with Crippen molar-refractivity contribution in [2.45, 2.75) is 28.0 Å². The highest BCUT2D eigenvalue weighted by Crippen LogP contribution is 2.43. The van der Waals surface area contributed by atoms with Crippen LogP contribution in [0.1, 0.15) is 13.3 Å². The maximum Gasteiger partial charge on any atom is 0.296 e. The third-order valence-corrected chi connectivity index (χ3v) is 10.6. The molecule has 314 valence electrons. The Labute approximate surface area is 351 Å². The number of nitrogens with one attached hydrogen (secondary N) is 2. The topological polar surface area (TPSA) is 292 Å². The second-order valence-corrected chi connectivity index (χ2v) is 16.0. The average Bonchev–Trinajstić information content (AvgIpc) is 3.24. The maximum absolute atomic E-state index is 12.4. The van der Waals surface area contributed by atoms with Crippen LogP contribution in [-0.2, 0) is 34.4 Å². The summed E-state index contributed by atoms with van der Waals surface area (Å²) in [5.74, 6) is -0.803. The largest absolute Gasteiger partial charge is 0.505 e. The molecular formula is C38H32N8O12S3. The van der Waals surface area contributed by atoms with Crippen LogP contribution >= 0.6 is 12.0 Å². The number of phenolic OH excluding ortho intramolecular Hbond substituents is 1. The zero-order valence-corrected chi connectivity index (χ0v) is 34.0. The predicted molar refractivity (Wildman–Crippen MR) is 223 cm³/mol. The Morgan fingerprint density at radius 1 is 0.721 bits per heavy atom. The van der Waals surface area contributed by atoms with E-state index in [4.69, 9.17) is 9.99 Å². The van der Waals surface area contributed by atoms with Crippen molar-refractivity contribution in [1.29, 1.82) is 0 Å². The van der Waals surface area contributed by atoms with Gasteiger partial charge in [0.1, 0.15) is 27.7 Å². The first-order valence-electron chi connectivity index (χ1n) is 17.4. The normalized spacial score (nSPS) is 12.1. The van der Waals surface area contributed by atoms with Crippen LogP contribution in [-0.4, -0.2) is 49.3 Å². The zero-order chi connectivity index (χ0) is 43.7. The summed E-state index contributed by atoms with van der Waals surface area (Å²) in [7, 11) is -8.07. The van der Waals surface area contributed by atoms with Crippen LogP contribution in [0.4, 0.5) is 51.2 Å². The van der Waals surface area contributed by atoms with Crippen molar-refractivity contribution in [3.8, 4) is 11.5 Å². The van der Waals surface area contributed by atoms with E-state index in [9.17, 15) is 35.8 Å². The highest BCUT2D eigenvalue weighted by molar-refractivity contribution is 7.94. The van der Waals surface area contributed by atoms with Crippen molar-refractivity contribution in [2.24, 2.45) is 30.7 Å². The van der Waals surface area contributed by atoms with E-state index in [1.54, 1.807) is 49.4 Å². The molecule has 20 nitrogen and oxygen atoms in total. The standard InChI is InChI=1S/C38H32N8O12S3/c1-3-36(47)40-33-20-26(11-15-31(33)44-41-23-9-13-28(14-10-23)59-58-57-49)42-43-27-12-16-32(34(21-27)56-2)45-46-37-35(61(53,54)55)17-22-7-8-25(19-30(22)38(37)48)39-24-5-4-6-29(18-24)60(50,51)52/h4-21,39,48-49H,3H2,1-2H3,(H,40,47)(H,50,51,52)(H,53,54,55). The van der Waals surface area contributed by atoms with Crippen LogP contribution in [0.15, 0.2) is 155 Å². The lowest BCUT2D eigenvalue weighted by molar-refractivity contribution is -0.432. The van der Waals surface area contributed by atoms with Gasteiger partial charge in [0.05, 0.1) is 46.8 Å². The summed E-state index contributed by atoms with van der Waals surface area (Å²) in [4.78, 5) is 11.9. The first-order chi connectivity index (χ1) is 29.1. The summed E-state index contributed by atoms with van der Waals surface area (Å²) in [6.45, 7) is 1.69. The minimum atomic E-state index is -4.94. The van der Waals surface area contributed by atoms with E-state index in [-0.39, 0.29) is 45.1 Å². The molecule has 6 aromatic rings. The van der Waals surface area contributed by atoms with Crippen LogP contribution < -0.4 is 15.4 Å². The Bertz CT molecular complexity index is 2930. The van der Waals surface area contributed by atoms with E-state index in [1.165, 1.54) is 67.8 Å². The minimum Gasteiger partial charge on any atom is -0.505 e. The molecule has 0 radical (unpaired) electrons. The molecule has 6 rings (SSSR count). The second kappa shape index (κ2) is 19.1. The number of phenols is 1. The van der Waals surface area contributed by atoms with Crippen LogP contribution in [0.5, 0.6) is 11.5 Å². The molecule has 23 heteroatoms. The number of benzene rings is 6. The van der Waals surface area contributed by atoms with Crippen LogP contribution in [0.2, 0.25) is 0 Å². The van der Waals surface area contributed by atoms with E-state index in [1.807, 2.05) is 0 Å². The summed E-state index contributed by atoms with van der Waals surface area (Å²) >= 11 is 0.788. The van der Waals surface area contributed by atoms with Gasteiger partial charge in [-0.15, -0.1) is 19.7 Å². The molecule has 0 saturated heterocycles. The first kappa shape index (κ1) is 43.9. The van der Waals surface area contributed by atoms with Gasteiger partial charge in [0, 0.05) is 34.1 Å². The van der Waals surface area contributed by atoms with Crippen molar-refractivity contribution in [3.05, 3.63) is 109 Å². The maximum atomic E-state index is 12.4. The Morgan fingerprint density at radius 2 is 1.38 bits per heavy atom. The van der Waals surface area contributed by atoms with Gasteiger partial charge in [0.25, 0.3) is 20.2 Å². The number of amides is 1. The number of rotatable bonds is 16. The number of hydrogen-bond acceptors (Lipinski definition) is 18. The Morgan fingerprint density at radius 3 is 2.05 bits per heavy atom. The molecule has 0 saturated carbocycles. The van der Waals surface area contributed by atoms with Crippen molar-refractivity contribution >= 4 is 100 Å². The molecule has 1 amide bonds. The van der Waals surface area contributed by atoms with Gasteiger partial charge < -0.3 is 20.5 Å². The fourth-order valence-corrected chi connectivity index (χ4v) is 6.93. The summed E-state index contributed by atoms with van der Waals surface area (Å²) in [5, 5.41) is 54.3. The quantitative estimate of drug-likeness (QED) is 0.0173. The van der Waals surface area contributed by atoms with Gasteiger partial charge in [-0.2, -0.15) is 32.2 Å². The van der Waals surface area contributed by atoms with Gasteiger partial charge in [0.15, 0.2) is 5.75 Å². The van der Waals surface area contributed by atoms with Gasteiger partial charge in [-0.05, 0) is 96.4 Å². The molecule has 0 unspecified atom stereocenters. The fourth-order valence-electron chi connectivity index (χ4n) is 5.39. The van der Waals surface area contributed by atoms with E-state index >= 15 is 0 Å². The number of aromatic hydroxyl groups is 1. The number of fused-ring (bicyclic) bond motifs is 1. The van der Waals surface area contributed by atoms with E-state index in [0.29, 0.717) is 39.0 Å². The summed E-state index contributed by atoms with van der Waals surface area (Å²) in [6.07, 6.45) is 0.194.